The van der Waals surface area contributed by atoms with Gasteiger partial charge in [0, 0.05) is 11.1 Å². The number of rotatable bonds is 2. The molecular weight excluding hydrogens is 385 g/mol. The number of hydrogen-bond donors (Lipinski definition) is 1. The van der Waals surface area contributed by atoms with Crippen molar-refractivity contribution in [3.05, 3.63) is 75.4 Å². The van der Waals surface area contributed by atoms with Crippen LogP contribution in [-0.2, 0) is 10.2 Å². The van der Waals surface area contributed by atoms with E-state index in [-0.39, 0.29) is 21.2 Å². The van der Waals surface area contributed by atoms with Crippen LogP contribution in [-0.4, -0.2) is 11.7 Å². The van der Waals surface area contributed by atoms with Crippen molar-refractivity contribution in [3.63, 3.8) is 0 Å². The number of benzene rings is 2. The molecule has 3 aromatic rings. The summed E-state index contributed by atoms with van der Waals surface area (Å²) >= 11 is 7.44. The van der Waals surface area contributed by atoms with Crippen LogP contribution in [0, 0.1) is 12.7 Å². The lowest BCUT2D eigenvalue weighted by Crippen LogP contribution is -2.48. The highest BCUT2D eigenvalue weighted by atomic mass is 35.5. The number of fused-ring (bicyclic) bond motifs is 1. The minimum absolute atomic E-state index is 0.246. The number of carbonyl (C=O) groups excluding carboxylic acids is 2. The van der Waals surface area contributed by atoms with Crippen LogP contribution in [0.5, 0.6) is 0 Å². The van der Waals surface area contributed by atoms with Gasteiger partial charge in [-0.25, -0.2) is 4.39 Å². The minimum atomic E-state index is -1.41. The molecule has 0 bridgehead atoms. The molecule has 3 nitrogen and oxygen atoms in total. The summed E-state index contributed by atoms with van der Waals surface area (Å²) in [6.07, 6.45) is 0. The van der Waals surface area contributed by atoms with Gasteiger partial charge in [0.2, 0.25) is 5.91 Å². The maximum Gasteiger partial charge on any atom is 0.243 e. The summed E-state index contributed by atoms with van der Waals surface area (Å²) in [5, 5.41) is 3.16. The molecule has 1 aliphatic heterocycles. The molecular formula is C21H15ClFNO2S. The van der Waals surface area contributed by atoms with Gasteiger partial charge in [-0.3, -0.25) is 9.59 Å². The number of anilines is 1. The van der Waals surface area contributed by atoms with Crippen LogP contribution in [0.3, 0.4) is 0 Å². The lowest BCUT2D eigenvalue weighted by atomic mass is 9.72. The first-order valence-corrected chi connectivity index (χ1v) is 9.54. The molecule has 1 aromatic heterocycles. The number of hydrogen-bond acceptors (Lipinski definition) is 3. The number of aryl methyl sites for hydroxylation is 1. The zero-order chi connectivity index (χ0) is 19.3. The molecule has 6 heteroatoms. The molecule has 136 valence electrons. The van der Waals surface area contributed by atoms with E-state index < -0.39 is 17.1 Å². The average Bonchev–Trinajstić information content (AvgIpc) is 2.96. The number of thiophene rings is 1. The number of carbonyl (C=O) groups is 2. The van der Waals surface area contributed by atoms with E-state index >= 15 is 0 Å². The molecule has 27 heavy (non-hydrogen) atoms. The fraction of sp³-hybridized carbons (Fsp3) is 0.143. The Bertz CT molecular complexity index is 1090. The lowest BCUT2D eigenvalue weighted by molar-refractivity contribution is -0.119. The molecule has 1 aliphatic rings. The van der Waals surface area contributed by atoms with E-state index in [2.05, 4.69) is 5.32 Å². The largest absolute Gasteiger partial charge is 0.316 e. The third-order valence-electron chi connectivity index (χ3n) is 5.00. The number of halogens is 2. The fourth-order valence-corrected chi connectivity index (χ4v) is 4.70. The fourth-order valence-electron chi connectivity index (χ4n) is 3.34. The van der Waals surface area contributed by atoms with E-state index in [1.165, 1.54) is 6.07 Å². The molecule has 0 radical (unpaired) electrons. The summed E-state index contributed by atoms with van der Waals surface area (Å²) in [6, 6.07) is 13.4. The van der Waals surface area contributed by atoms with E-state index in [0.717, 1.165) is 16.9 Å². The molecule has 0 saturated carbocycles. The van der Waals surface area contributed by atoms with Gasteiger partial charge in [0.05, 0.1) is 5.56 Å². The van der Waals surface area contributed by atoms with Crippen molar-refractivity contribution in [1.29, 1.82) is 0 Å². The average molecular weight is 400 g/mol. The zero-order valence-corrected chi connectivity index (χ0v) is 16.2. The van der Waals surface area contributed by atoms with E-state index in [1.54, 1.807) is 37.3 Å². The maximum atomic E-state index is 14.4. The molecule has 1 amide bonds. The van der Waals surface area contributed by atoms with Gasteiger partial charge < -0.3 is 5.32 Å². The van der Waals surface area contributed by atoms with E-state index in [4.69, 9.17) is 11.6 Å². The second-order valence-corrected chi connectivity index (χ2v) is 8.33. The van der Waals surface area contributed by atoms with Crippen molar-refractivity contribution in [2.75, 3.05) is 5.32 Å². The van der Waals surface area contributed by atoms with E-state index in [0.29, 0.717) is 16.1 Å². The molecule has 1 atom stereocenters. The van der Waals surface area contributed by atoms with E-state index in [9.17, 15) is 14.0 Å². The third kappa shape index (κ3) is 2.61. The van der Waals surface area contributed by atoms with Crippen LogP contribution in [0.4, 0.5) is 9.39 Å². The van der Waals surface area contributed by atoms with Crippen molar-refractivity contribution in [2.24, 2.45) is 0 Å². The van der Waals surface area contributed by atoms with Gasteiger partial charge in [0.15, 0.2) is 5.78 Å². The molecule has 4 rings (SSSR count). The zero-order valence-electron chi connectivity index (χ0n) is 14.6. The van der Waals surface area contributed by atoms with Crippen molar-refractivity contribution < 1.29 is 14.0 Å². The monoisotopic (exact) mass is 399 g/mol. The molecule has 0 saturated heterocycles. The van der Waals surface area contributed by atoms with Crippen LogP contribution in [0.15, 0.2) is 48.5 Å². The maximum absolute atomic E-state index is 14.4. The number of nitrogens with one attached hydrogen (secondary N) is 1. The lowest BCUT2D eigenvalue weighted by Gasteiger charge is -2.32. The first-order valence-electron chi connectivity index (χ1n) is 8.34. The highest BCUT2D eigenvalue weighted by Gasteiger charge is 2.49. The van der Waals surface area contributed by atoms with E-state index in [1.807, 2.05) is 19.1 Å². The van der Waals surface area contributed by atoms with Gasteiger partial charge in [-0.2, -0.15) is 0 Å². The Morgan fingerprint density at radius 3 is 2.37 bits per heavy atom. The smallest absolute Gasteiger partial charge is 0.243 e. The highest BCUT2D eigenvalue weighted by Crippen LogP contribution is 2.49. The SMILES string of the molecule is Cc1ccc(C2(C)C(=O)Nc3sc(Cl)c(-c4ccccc4F)c3C2=O)cc1. The number of Topliss-reactive ketones (excluding diaryl/α,β-unsaturated/α-hetero) is 1. The van der Waals surface area contributed by atoms with Gasteiger partial charge in [-0.05, 0) is 25.5 Å². The van der Waals surface area contributed by atoms with Crippen molar-refractivity contribution in [2.45, 2.75) is 19.3 Å². The summed E-state index contributed by atoms with van der Waals surface area (Å²) in [5.41, 5.74) is 1.04. The van der Waals surface area contributed by atoms with Gasteiger partial charge >= 0.3 is 0 Å². The summed E-state index contributed by atoms with van der Waals surface area (Å²) in [6.45, 7) is 3.52. The quantitative estimate of drug-likeness (QED) is 0.569. The first kappa shape index (κ1) is 17.9. The topological polar surface area (TPSA) is 46.2 Å². The minimum Gasteiger partial charge on any atom is -0.316 e. The van der Waals surface area contributed by atoms with Gasteiger partial charge in [-0.1, -0.05) is 59.6 Å². The summed E-state index contributed by atoms with van der Waals surface area (Å²) < 4.78 is 14.7. The normalized spacial score (nSPS) is 19.0. The van der Waals surface area contributed by atoms with Crippen molar-refractivity contribution in [1.82, 2.24) is 0 Å². The molecule has 2 aromatic carbocycles. The number of amides is 1. The van der Waals surface area contributed by atoms with Crippen molar-refractivity contribution >= 4 is 39.6 Å². The van der Waals surface area contributed by atoms with Gasteiger partial charge in [-0.15, -0.1) is 11.3 Å². The molecule has 0 spiro atoms. The second-order valence-electron chi connectivity index (χ2n) is 6.71. The standard InChI is InChI=1S/C21H15ClFNO2S/c1-11-7-9-12(10-8-11)21(2)17(25)16-15(13-5-3-4-6-14(13)23)18(22)27-19(16)24-20(21)26/h3-10H,1-2H3,(H,24,26). The van der Waals surface area contributed by atoms with Crippen LogP contribution >= 0.6 is 22.9 Å². The summed E-state index contributed by atoms with van der Waals surface area (Å²) in [7, 11) is 0. The van der Waals surface area contributed by atoms with Gasteiger partial charge in [0.1, 0.15) is 20.6 Å². The van der Waals surface area contributed by atoms with Gasteiger partial charge in [0.25, 0.3) is 0 Å². The molecule has 1 unspecified atom stereocenters. The van der Waals surface area contributed by atoms with Crippen LogP contribution in [0.1, 0.15) is 28.4 Å². The van der Waals surface area contributed by atoms with Crippen LogP contribution in [0.2, 0.25) is 4.34 Å². The Morgan fingerprint density at radius 1 is 1.04 bits per heavy atom. The Labute approximate surface area is 164 Å². The summed E-state index contributed by atoms with van der Waals surface area (Å²) in [4.78, 5) is 26.4. The molecule has 2 heterocycles. The Balaban J connectivity index is 1.95. The predicted octanol–water partition coefficient (Wildman–Crippen LogP) is 5.61. The summed E-state index contributed by atoms with van der Waals surface area (Å²) in [5.74, 6) is -1.27. The Morgan fingerprint density at radius 2 is 1.70 bits per heavy atom. The van der Waals surface area contributed by atoms with Crippen molar-refractivity contribution in [3.8, 4) is 11.1 Å². The highest BCUT2D eigenvalue weighted by molar-refractivity contribution is 7.21. The molecule has 1 N–H and O–H groups in total. The number of ketones is 1. The Kier molecular flexibility index (Phi) is 4.17. The molecule has 0 aliphatic carbocycles. The first-order chi connectivity index (χ1) is 12.8. The Hall–Kier alpha value is -2.50. The third-order valence-corrected chi connectivity index (χ3v) is 6.31. The van der Waals surface area contributed by atoms with Crippen LogP contribution in [0.25, 0.3) is 11.1 Å². The predicted molar refractivity (Wildman–Crippen MR) is 106 cm³/mol. The molecule has 0 fully saturated rings. The van der Waals surface area contributed by atoms with Crippen LogP contribution < -0.4 is 5.32 Å². The second kappa shape index (κ2) is 6.29.